The lowest BCUT2D eigenvalue weighted by Gasteiger charge is -2.23. The second kappa shape index (κ2) is 10.2. The first-order valence-electron chi connectivity index (χ1n) is 10.7. The van der Waals surface area contributed by atoms with E-state index in [1.165, 1.54) is 34.9 Å². The summed E-state index contributed by atoms with van der Waals surface area (Å²) < 4.78 is 1.32. The van der Waals surface area contributed by atoms with Crippen LogP contribution in [0, 0.1) is 0 Å². The van der Waals surface area contributed by atoms with E-state index in [4.69, 9.17) is 0 Å². The summed E-state index contributed by atoms with van der Waals surface area (Å²) in [7, 11) is 1.76. The van der Waals surface area contributed by atoms with Crippen molar-refractivity contribution < 1.29 is 9.59 Å². The van der Waals surface area contributed by atoms with Crippen LogP contribution >= 0.6 is 0 Å². The quantitative estimate of drug-likeness (QED) is 0.764. The molecule has 1 atom stereocenters. The molecule has 1 aromatic heterocycles. The van der Waals surface area contributed by atoms with E-state index in [1.54, 1.807) is 11.9 Å². The van der Waals surface area contributed by atoms with E-state index in [1.807, 2.05) is 30.3 Å². The van der Waals surface area contributed by atoms with Crippen LogP contribution in [-0.4, -0.2) is 40.9 Å². The SMILES string of the molecule is C[C@H](CN(C)C(=O)c1ccc(=O)n(CC(=O)NC2CCCCC2)c1)c1ccccc1. The maximum Gasteiger partial charge on any atom is 0.255 e. The van der Waals surface area contributed by atoms with E-state index in [0.717, 1.165) is 25.7 Å². The third-order valence-corrected chi connectivity index (χ3v) is 5.78. The van der Waals surface area contributed by atoms with Crippen molar-refractivity contribution in [2.24, 2.45) is 0 Å². The molecular weight excluding hydrogens is 378 g/mol. The fraction of sp³-hybridized carbons (Fsp3) is 0.458. The van der Waals surface area contributed by atoms with Crippen LogP contribution in [0.2, 0.25) is 0 Å². The molecule has 0 radical (unpaired) electrons. The van der Waals surface area contributed by atoms with Gasteiger partial charge in [-0.2, -0.15) is 0 Å². The first-order chi connectivity index (χ1) is 14.4. The van der Waals surface area contributed by atoms with Gasteiger partial charge in [-0.1, -0.05) is 56.5 Å². The number of rotatable bonds is 7. The summed E-state index contributed by atoms with van der Waals surface area (Å²) in [5, 5.41) is 3.02. The Balaban J connectivity index is 1.63. The van der Waals surface area contributed by atoms with Gasteiger partial charge in [0, 0.05) is 31.9 Å². The van der Waals surface area contributed by atoms with Gasteiger partial charge in [0.25, 0.3) is 11.5 Å². The Morgan fingerprint density at radius 3 is 2.50 bits per heavy atom. The van der Waals surface area contributed by atoms with Gasteiger partial charge in [-0.15, -0.1) is 0 Å². The van der Waals surface area contributed by atoms with Gasteiger partial charge in [0.05, 0.1) is 5.56 Å². The molecule has 6 heteroatoms. The Hall–Kier alpha value is -2.89. The number of amides is 2. The number of benzene rings is 1. The van der Waals surface area contributed by atoms with Gasteiger partial charge in [0.15, 0.2) is 0 Å². The van der Waals surface area contributed by atoms with E-state index >= 15 is 0 Å². The zero-order chi connectivity index (χ0) is 21.5. The lowest BCUT2D eigenvalue weighted by Crippen LogP contribution is -2.40. The van der Waals surface area contributed by atoms with Crippen molar-refractivity contribution in [3.8, 4) is 0 Å². The summed E-state index contributed by atoms with van der Waals surface area (Å²) in [6, 6.07) is 13.1. The van der Waals surface area contributed by atoms with Crippen molar-refractivity contribution in [3.05, 3.63) is 70.1 Å². The van der Waals surface area contributed by atoms with Gasteiger partial charge < -0.3 is 14.8 Å². The van der Waals surface area contributed by atoms with E-state index in [9.17, 15) is 14.4 Å². The van der Waals surface area contributed by atoms with Crippen molar-refractivity contribution in [1.82, 2.24) is 14.8 Å². The molecule has 160 valence electrons. The molecular formula is C24H31N3O3. The maximum absolute atomic E-state index is 12.9. The van der Waals surface area contributed by atoms with Crippen molar-refractivity contribution >= 4 is 11.8 Å². The molecule has 1 N–H and O–H groups in total. The molecule has 0 spiro atoms. The lowest BCUT2D eigenvalue weighted by atomic mass is 9.95. The van der Waals surface area contributed by atoms with Crippen LogP contribution in [0.15, 0.2) is 53.5 Å². The number of nitrogens with one attached hydrogen (secondary N) is 1. The fourth-order valence-corrected chi connectivity index (χ4v) is 4.06. The van der Waals surface area contributed by atoms with Crippen LogP contribution < -0.4 is 10.9 Å². The average molecular weight is 410 g/mol. The number of hydrogen-bond acceptors (Lipinski definition) is 3. The largest absolute Gasteiger partial charge is 0.352 e. The van der Waals surface area contributed by atoms with E-state index in [2.05, 4.69) is 12.2 Å². The molecule has 1 fully saturated rings. The van der Waals surface area contributed by atoms with E-state index in [0.29, 0.717) is 12.1 Å². The van der Waals surface area contributed by atoms with Crippen LogP contribution in [0.25, 0.3) is 0 Å². The summed E-state index contributed by atoms with van der Waals surface area (Å²) in [6.45, 7) is 2.57. The molecule has 1 aliphatic rings. The van der Waals surface area contributed by atoms with Crippen LogP contribution in [0.1, 0.15) is 60.9 Å². The van der Waals surface area contributed by atoms with Gasteiger partial charge >= 0.3 is 0 Å². The maximum atomic E-state index is 12.9. The molecule has 0 unspecified atom stereocenters. The Kier molecular flexibility index (Phi) is 7.44. The average Bonchev–Trinajstić information content (AvgIpc) is 2.76. The predicted octanol–water partition coefficient (Wildman–Crippen LogP) is 3.17. The van der Waals surface area contributed by atoms with Crippen molar-refractivity contribution in [3.63, 3.8) is 0 Å². The highest BCUT2D eigenvalue weighted by Crippen LogP contribution is 2.18. The van der Waals surface area contributed by atoms with Gasteiger partial charge in [0.1, 0.15) is 6.54 Å². The molecule has 1 aromatic carbocycles. The Morgan fingerprint density at radius 2 is 1.80 bits per heavy atom. The molecule has 3 rings (SSSR count). The first-order valence-corrected chi connectivity index (χ1v) is 10.7. The van der Waals surface area contributed by atoms with Crippen molar-refractivity contribution in [1.29, 1.82) is 0 Å². The minimum absolute atomic E-state index is 0.0689. The van der Waals surface area contributed by atoms with Gasteiger partial charge in [-0.3, -0.25) is 14.4 Å². The zero-order valence-electron chi connectivity index (χ0n) is 17.8. The second-order valence-electron chi connectivity index (χ2n) is 8.28. The third-order valence-electron chi connectivity index (χ3n) is 5.78. The minimum Gasteiger partial charge on any atom is -0.352 e. The Bertz CT molecular complexity index is 917. The number of nitrogens with zero attached hydrogens (tertiary/aromatic N) is 2. The summed E-state index contributed by atoms with van der Waals surface area (Å²) in [4.78, 5) is 39.1. The Morgan fingerprint density at radius 1 is 1.10 bits per heavy atom. The summed E-state index contributed by atoms with van der Waals surface area (Å²) in [5.41, 5.74) is 1.29. The van der Waals surface area contributed by atoms with Gasteiger partial charge in [0.2, 0.25) is 5.91 Å². The smallest absolute Gasteiger partial charge is 0.255 e. The molecule has 0 saturated heterocycles. The van der Waals surface area contributed by atoms with Crippen LogP contribution in [0.4, 0.5) is 0 Å². The minimum atomic E-state index is -0.286. The fourth-order valence-electron chi connectivity index (χ4n) is 4.06. The number of pyridine rings is 1. The number of likely N-dealkylation sites (N-methyl/N-ethyl adjacent to an activating group) is 1. The number of carbonyl (C=O) groups excluding carboxylic acids is 2. The lowest BCUT2D eigenvalue weighted by molar-refractivity contribution is -0.122. The third kappa shape index (κ3) is 5.81. The zero-order valence-corrected chi connectivity index (χ0v) is 17.8. The van der Waals surface area contributed by atoms with Crippen molar-refractivity contribution in [2.45, 2.75) is 57.5 Å². The molecule has 2 aromatic rings. The highest BCUT2D eigenvalue weighted by atomic mass is 16.2. The molecule has 1 heterocycles. The standard InChI is InChI=1S/C24H31N3O3/c1-18(19-9-5-3-6-10-19)15-26(2)24(30)20-13-14-23(29)27(16-20)17-22(28)25-21-11-7-4-8-12-21/h3,5-6,9-10,13-14,16,18,21H,4,7-8,11-12,15,17H2,1-2H3,(H,25,28)/t18-/m1/s1. The summed E-state index contributed by atoms with van der Waals surface area (Å²) in [6.07, 6.45) is 6.94. The molecule has 2 amide bonds. The molecule has 0 aliphatic heterocycles. The first kappa shape index (κ1) is 21.8. The number of carbonyl (C=O) groups is 2. The molecule has 6 nitrogen and oxygen atoms in total. The summed E-state index contributed by atoms with van der Waals surface area (Å²) in [5.74, 6) is -0.161. The monoisotopic (exact) mass is 409 g/mol. The predicted molar refractivity (Wildman–Crippen MR) is 118 cm³/mol. The van der Waals surface area contributed by atoms with Gasteiger partial charge in [-0.05, 0) is 30.4 Å². The van der Waals surface area contributed by atoms with E-state index in [-0.39, 0.29) is 35.9 Å². The number of hydrogen-bond donors (Lipinski definition) is 1. The van der Waals surface area contributed by atoms with Gasteiger partial charge in [-0.25, -0.2) is 0 Å². The Labute approximate surface area is 177 Å². The molecule has 1 aliphatic carbocycles. The highest BCUT2D eigenvalue weighted by Gasteiger charge is 2.19. The molecule has 1 saturated carbocycles. The summed E-state index contributed by atoms with van der Waals surface area (Å²) >= 11 is 0. The molecule has 30 heavy (non-hydrogen) atoms. The molecule has 0 bridgehead atoms. The highest BCUT2D eigenvalue weighted by molar-refractivity contribution is 5.93. The topological polar surface area (TPSA) is 71.4 Å². The van der Waals surface area contributed by atoms with E-state index < -0.39 is 0 Å². The number of aromatic nitrogens is 1. The van der Waals surface area contributed by atoms with Crippen LogP contribution in [-0.2, 0) is 11.3 Å². The second-order valence-corrected chi connectivity index (χ2v) is 8.28. The van der Waals surface area contributed by atoms with Crippen molar-refractivity contribution in [2.75, 3.05) is 13.6 Å². The normalized spacial score (nSPS) is 15.4. The van der Waals surface area contributed by atoms with Crippen LogP contribution in [0.3, 0.4) is 0 Å². The van der Waals surface area contributed by atoms with Crippen LogP contribution in [0.5, 0.6) is 0 Å².